The van der Waals surface area contributed by atoms with Crippen LogP contribution in [0.2, 0.25) is 0 Å². The molecular weight excluding hydrogens is 252 g/mol. The van der Waals surface area contributed by atoms with Gasteiger partial charge in [0.05, 0.1) is 50.7 Å². The maximum absolute atomic E-state index is 9.87. The molecule has 2 fully saturated rings. The largest absolute Gasteiger partial charge is 0.395 e. The molecule has 4 atom stereocenters. The van der Waals surface area contributed by atoms with Crippen molar-refractivity contribution in [3.05, 3.63) is 0 Å². The first-order valence-corrected chi connectivity index (χ1v) is 6.82. The van der Waals surface area contributed by atoms with Gasteiger partial charge in [-0.2, -0.15) is 0 Å². The Morgan fingerprint density at radius 2 is 1.42 bits per heavy atom. The lowest BCUT2D eigenvalue weighted by Crippen LogP contribution is -2.48. The Morgan fingerprint density at radius 3 is 1.89 bits per heavy atom. The van der Waals surface area contributed by atoms with E-state index in [1.807, 2.05) is 4.90 Å². The van der Waals surface area contributed by atoms with E-state index in [4.69, 9.17) is 4.74 Å². The number of rotatable bonds is 5. The van der Waals surface area contributed by atoms with Crippen molar-refractivity contribution in [2.45, 2.75) is 24.3 Å². The van der Waals surface area contributed by atoms with Crippen molar-refractivity contribution in [2.75, 3.05) is 52.6 Å². The zero-order chi connectivity index (χ0) is 13.8. The first-order chi connectivity index (χ1) is 9.19. The van der Waals surface area contributed by atoms with Gasteiger partial charge in [0.15, 0.2) is 0 Å². The average Bonchev–Trinajstić information content (AvgIpc) is 2.68. The molecule has 2 aliphatic rings. The van der Waals surface area contributed by atoms with Gasteiger partial charge in [0.25, 0.3) is 0 Å². The quantitative estimate of drug-likeness (QED) is 0.427. The zero-order valence-corrected chi connectivity index (χ0v) is 11.1. The third-order valence-corrected chi connectivity index (χ3v) is 4.14. The minimum absolute atomic E-state index is 0.224. The van der Waals surface area contributed by atoms with Crippen LogP contribution in [0.4, 0.5) is 0 Å². The van der Waals surface area contributed by atoms with E-state index < -0.39 is 24.3 Å². The van der Waals surface area contributed by atoms with E-state index in [0.29, 0.717) is 6.54 Å². The first-order valence-electron chi connectivity index (χ1n) is 6.82. The molecule has 0 unspecified atom stereocenters. The average molecular weight is 276 g/mol. The number of hydrogen-bond donors (Lipinski definition) is 4. The Hall–Kier alpha value is -0.280. The van der Waals surface area contributed by atoms with Crippen molar-refractivity contribution in [3.63, 3.8) is 0 Å². The monoisotopic (exact) mass is 276 g/mol. The van der Waals surface area contributed by atoms with Gasteiger partial charge < -0.3 is 25.2 Å². The summed E-state index contributed by atoms with van der Waals surface area (Å²) in [6.07, 6.45) is -2.02. The van der Waals surface area contributed by atoms with Gasteiger partial charge in [0.1, 0.15) is 0 Å². The van der Waals surface area contributed by atoms with E-state index in [2.05, 4.69) is 4.90 Å². The summed E-state index contributed by atoms with van der Waals surface area (Å²) in [6.45, 7) is 4.10. The molecule has 19 heavy (non-hydrogen) atoms. The van der Waals surface area contributed by atoms with E-state index >= 15 is 0 Å². The number of aliphatic hydroxyl groups is 4. The molecule has 2 heterocycles. The highest BCUT2D eigenvalue weighted by Gasteiger charge is 2.46. The molecule has 0 saturated carbocycles. The lowest BCUT2D eigenvalue weighted by molar-refractivity contribution is 0.0130. The van der Waals surface area contributed by atoms with Crippen molar-refractivity contribution in [2.24, 2.45) is 0 Å². The van der Waals surface area contributed by atoms with Crippen LogP contribution in [0.3, 0.4) is 0 Å². The lowest BCUT2D eigenvalue weighted by Gasteiger charge is -2.32. The molecule has 0 aromatic carbocycles. The number of aliphatic hydroxyl groups excluding tert-OH is 4. The van der Waals surface area contributed by atoms with E-state index in [1.54, 1.807) is 0 Å². The Labute approximate surface area is 113 Å². The molecule has 0 amide bonds. The lowest BCUT2D eigenvalue weighted by atomic mass is 10.1. The highest BCUT2D eigenvalue weighted by molar-refractivity contribution is 5.00. The summed E-state index contributed by atoms with van der Waals surface area (Å²) < 4.78 is 5.27. The van der Waals surface area contributed by atoms with Crippen LogP contribution in [0.25, 0.3) is 0 Å². The fraction of sp³-hybridized carbons (Fsp3) is 1.00. The molecule has 0 bridgehead atoms. The Balaban J connectivity index is 1.91. The maximum atomic E-state index is 9.87. The van der Waals surface area contributed by atoms with Crippen LogP contribution < -0.4 is 0 Å². The van der Waals surface area contributed by atoms with E-state index in [1.165, 1.54) is 0 Å². The van der Waals surface area contributed by atoms with Crippen molar-refractivity contribution >= 4 is 0 Å². The van der Waals surface area contributed by atoms with E-state index in [0.717, 1.165) is 32.8 Å². The second-order valence-corrected chi connectivity index (χ2v) is 5.17. The molecule has 7 heteroatoms. The SMILES string of the molecule is OC[C@@H]1[C@@H](O)[C@H](O)[C@@H](CO)N1CCN1CCOCC1. The molecular formula is C12H24N2O5. The Kier molecular flexibility index (Phi) is 5.52. The van der Waals surface area contributed by atoms with Crippen LogP contribution in [0.1, 0.15) is 0 Å². The second kappa shape index (κ2) is 6.94. The van der Waals surface area contributed by atoms with Gasteiger partial charge in [0, 0.05) is 26.2 Å². The number of likely N-dealkylation sites (tertiary alicyclic amines) is 1. The maximum Gasteiger partial charge on any atom is 0.0992 e. The molecule has 0 spiro atoms. The topological polar surface area (TPSA) is 96.6 Å². The van der Waals surface area contributed by atoms with Gasteiger partial charge in [-0.25, -0.2) is 0 Å². The van der Waals surface area contributed by atoms with Gasteiger partial charge in [-0.1, -0.05) is 0 Å². The minimum Gasteiger partial charge on any atom is -0.395 e. The van der Waals surface area contributed by atoms with E-state index in [9.17, 15) is 20.4 Å². The van der Waals surface area contributed by atoms with Crippen molar-refractivity contribution < 1.29 is 25.2 Å². The molecule has 0 radical (unpaired) electrons. The van der Waals surface area contributed by atoms with Crippen LogP contribution in [0.5, 0.6) is 0 Å². The number of hydrogen-bond acceptors (Lipinski definition) is 7. The summed E-state index contributed by atoms with van der Waals surface area (Å²) in [7, 11) is 0. The normalized spacial score (nSPS) is 37.9. The summed E-state index contributed by atoms with van der Waals surface area (Å²) >= 11 is 0. The van der Waals surface area contributed by atoms with Crippen LogP contribution in [0.15, 0.2) is 0 Å². The van der Waals surface area contributed by atoms with Crippen molar-refractivity contribution in [1.29, 1.82) is 0 Å². The summed E-state index contributed by atoms with van der Waals surface area (Å²) in [5.41, 5.74) is 0. The van der Waals surface area contributed by atoms with Crippen LogP contribution in [0, 0.1) is 0 Å². The molecule has 4 N–H and O–H groups in total. The fourth-order valence-electron chi connectivity index (χ4n) is 2.93. The van der Waals surface area contributed by atoms with Gasteiger partial charge in [0.2, 0.25) is 0 Å². The molecule has 2 saturated heterocycles. The van der Waals surface area contributed by atoms with Gasteiger partial charge in [-0.15, -0.1) is 0 Å². The highest BCUT2D eigenvalue weighted by atomic mass is 16.5. The third kappa shape index (κ3) is 3.25. The smallest absolute Gasteiger partial charge is 0.0992 e. The van der Waals surface area contributed by atoms with Gasteiger partial charge in [-0.3, -0.25) is 9.80 Å². The number of ether oxygens (including phenoxy) is 1. The standard InChI is InChI=1S/C12H24N2O5/c15-7-9-11(17)12(18)10(8-16)14(9)2-1-13-3-5-19-6-4-13/h9-12,15-18H,1-8H2/t9-,10-,11-,12-/m1/s1. The zero-order valence-electron chi connectivity index (χ0n) is 11.1. The van der Waals surface area contributed by atoms with Crippen LogP contribution in [-0.4, -0.2) is 107 Å². The van der Waals surface area contributed by atoms with E-state index in [-0.39, 0.29) is 13.2 Å². The van der Waals surface area contributed by atoms with Gasteiger partial charge >= 0.3 is 0 Å². The number of morpholine rings is 1. The Bertz CT molecular complexity index is 259. The summed E-state index contributed by atoms with van der Waals surface area (Å²) in [6, 6.07) is -1.01. The van der Waals surface area contributed by atoms with Crippen molar-refractivity contribution in [1.82, 2.24) is 9.80 Å². The number of nitrogens with zero attached hydrogens (tertiary/aromatic N) is 2. The molecule has 0 aromatic heterocycles. The fourth-order valence-corrected chi connectivity index (χ4v) is 2.93. The molecule has 0 aromatic rings. The minimum atomic E-state index is -1.01. The van der Waals surface area contributed by atoms with Crippen LogP contribution >= 0.6 is 0 Å². The van der Waals surface area contributed by atoms with Crippen LogP contribution in [-0.2, 0) is 4.74 Å². The molecule has 2 aliphatic heterocycles. The van der Waals surface area contributed by atoms with Crippen molar-refractivity contribution in [3.8, 4) is 0 Å². The first kappa shape index (κ1) is 15.1. The summed E-state index contributed by atoms with van der Waals surface area (Å²) in [4.78, 5) is 4.05. The molecule has 2 rings (SSSR count). The van der Waals surface area contributed by atoms with Gasteiger partial charge in [-0.05, 0) is 0 Å². The summed E-state index contributed by atoms with van der Waals surface area (Å²) in [5.74, 6) is 0. The summed E-state index contributed by atoms with van der Waals surface area (Å²) in [5, 5.41) is 38.4. The predicted octanol–water partition coefficient (Wildman–Crippen LogP) is -2.92. The molecule has 0 aliphatic carbocycles. The Morgan fingerprint density at radius 1 is 0.895 bits per heavy atom. The predicted molar refractivity (Wildman–Crippen MR) is 67.7 cm³/mol. The highest BCUT2D eigenvalue weighted by Crippen LogP contribution is 2.24. The molecule has 7 nitrogen and oxygen atoms in total. The molecule has 112 valence electrons. The third-order valence-electron chi connectivity index (χ3n) is 4.14. The second-order valence-electron chi connectivity index (χ2n) is 5.17.